The minimum atomic E-state index is -2.23. The van der Waals surface area contributed by atoms with Gasteiger partial charge in [-0.05, 0) is 49.2 Å². The summed E-state index contributed by atoms with van der Waals surface area (Å²) in [4.78, 5) is 10.2. The molecule has 2 aromatic rings. The zero-order valence-corrected chi connectivity index (χ0v) is 16.4. The zero-order valence-electron chi connectivity index (χ0n) is 16.4. The molecule has 11 heteroatoms. The van der Waals surface area contributed by atoms with Gasteiger partial charge in [-0.2, -0.15) is 0 Å². The Kier molecular flexibility index (Phi) is 7.92. The van der Waals surface area contributed by atoms with Crippen LogP contribution in [0.2, 0.25) is 0 Å². The highest BCUT2D eigenvalue weighted by Gasteiger charge is 2.31. The Morgan fingerprint density at radius 3 is 2.13 bits per heavy atom. The lowest BCUT2D eigenvalue weighted by atomic mass is 10.1. The van der Waals surface area contributed by atoms with Crippen molar-refractivity contribution < 1.29 is 30.5 Å². The van der Waals surface area contributed by atoms with Crippen LogP contribution in [0.25, 0.3) is 0 Å². The Morgan fingerprint density at radius 1 is 0.967 bits per heavy atom. The van der Waals surface area contributed by atoms with Gasteiger partial charge in [0, 0.05) is 12.1 Å². The van der Waals surface area contributed by atoms with Crippen molar-refractivity contribution in [2.24, 2.45) is 10.3 Å². The molecule has 3 atom stereocenters. The number of non-ortho nitro benzene ring substituents is 1. The number of nitro groups is 1. The van der Waals surface area contributed by atoms with Crippen LogP contribution in [0.3, 0.4) is 0 Å². The maximum atomic E-state index is 10.7. The summed E-state index contributed by atoms with van der Waals surface area (Å²) >= 11 is 0. The molecule has 0 saturated heterocycles. The summed E-state index contributed by atoms with van der Waals surface area (Å²) in [6, 6.07) is 10.7. The van der Waals surface area contributed by atoms with Gasteiger partial charge < -0.3 is 25.5 Å². The van der Waals surface area contributed by atoms with Crippen LogP contribution in [0, 0.1) is 24.0 Å². The standard InChI is InChI=1S/C19H24N4O7/c1-11-3-6-15(9-12(11)2)22(10-16(24)17(25)18(26)19(27)28)21-20-13-4-7-14(8-5-13)23(29)30/h3-9,16-19,24-28H,10H2,1-2H3. The number of anilines is 1. The molecule has 0 aliphatic heterocycles. The van der Waals surface area contributed by atoms with Crippen molar-refractivity contribution in [3.8, 4) is 0 Å². The monoisotopic (exact) mass is 420 g/mol. The minimum absolute atomic E-state index is 0.102. The molecular weight excluding hydrogens is 396 g/mol. The van der Waals surface area contributed by atoms with Gasteiger partial charge in [0.05, 0.1) is 22.8 Å². The van der Waals surface area contributed by atoms with E-state index >= 15 is 0 Å². The minimum Gasteiger partial charge on any atom is -0.388 e. The average molecular weight is 420 g/mol. The molecular formula is C19H24N4O7. The molecule has 5 N–H and O–H groups in total. The van der Waals surface area contributed by atoms with Crippen LogP contribution in [0.4, 0.5) is 17.1 Å². The number of nitrogens with zero attached hydrogens (tertiary/aromatic N) is 4. The van der Waals surface area contributed by atoms with Crippen molar-refractivity contribution in [3.63, 3.8) is 0 Å². The molecule has 0 spiro atoms. The highest BCUT2D eigenvalue weighted by Crippen LogP contribution is 2.23. The number of nitro benzene ring substituents is 1. The first-order chi connectivity index (χ1) is 14.1. The van der Waals surface area contributed by atoms with Crippen LogP contribution < -0.4 is 5.01 Å². The van der Waals surface area contributed by atoms with E-state index in [1.165, 1.54) is 29.3 Å². The third kappa shape index (κ3) is 6.02. The van der Waals surface area contributed by atoms with Crippen LogP contribution in [0.15, 0.2) is 52.8 Å². The van der Waals surface area contributed by atoms with E-state index < -0.39 is 29.5 Å². The van der Waals surface area contributed by atoms with E-state index in [-0.39, 0.29) is 12.2 Å². The fourth-order valence-corrected chi connectivity index (χ4v) is 2.52. The van der Waals surface area contributed by atoms with Crippen molar-refractivity contribution in [3.05, 3.63) is 63.7 Å². The lowest BCUT2D eigenvalue weighted by molar-refractivity contribution is -0.384. The molecule has 0 heterocycles. The van der Waals surface area contributed by atoms with Gasteiger partial charge in [0.1, 0.15) is 18.3 Å². The molecule has 0 aliphatic carbocycles. The zero-order chi connectivity index (χ0) is 22.4. The molecule has 0 saturated carbocycles. The Balaban J connectivity index is 2.28. The summed E-state index contributed by atoms with van der Waals surface area (Å²) in [5.74, 6) is 0. The van der Waals surface area contributed by atoms with Gasteiger partial charge in [0.25, 0.3) is 5.69 Å². The van der Waals surface area contributed by atoms with Crippen molar-refractivity contribution in [1.82, 2.24) is 0 Å². The van der Waals surface area contributed by atoms with E-state index in [1.54, 1.807) is 12.1 Å². The lowest BCUT2D eigenvalue weighted by Crippen LogP contribution is -2.48. The molecule has 162 valence electrons. The summed E-state index contributed by atoms with van der Waals surface area (Å²) in [5, 5.41) is 67.8. The van der Waals surface area contributed by atoms with Gasteiger partial charge in [-0.25, -0.2) is 5.01 Å². The molecule has 0 amide bonds. The average Bonchev–Trinajstić information content (AvgIpc) is 2.72. The third-order valence-electron chi connectivity index (χ3n) is 4.53. The van der Waals surface area contributed by atoms with Gasteiger partial charge in [0.15, 0.2) is 6.29 Å². The van der Waals surface area contributed by atoms with Gasteiger partial charge in [-0.15, -0.1) is 5.11 Å². The lowest BCUT2D eigenvalue weighted by Gasteiger charge is -2.27. The summed E-state index contributed by atoms with van der Waals surface area (Å²) < 4.78 is 0. The predicted molar refractivity (Wildman–Crippen MR) is 107 cm³/mol. The van der Waals surface area contributed by atoms with Crippen LogP contribution >= 0.6 is 0 Å². The Morgan fingerprint density at radius 2 is 1.60 bits per heavy atom. The number of aliphatic hydroxyl groups is 5. The molecule has 3 unspecified atom stereocenters. The predicted octanol–water partition coefficient (Wildman–Crippen LogP) is 1.11. The highest BCUT2D eigenvalue weighted by atomic mass is 16.6. The molecule has 0 aromatic heterocycles. The van der Waals surface area contributed by atoms with Crippen LogP contribution in [-0.4, -0.2) is 61.6 Å². The number of rotatable bonds is 9. The fraction of sp³-hybridized carbons (Fsp3) is 0.368. The first-order valence-corrected chi connectivity index (χ1v) is 9.01. The number of hydrogen-bond donors (Lipinski definition) is 5. The summed E-state index contributed by atoms with van der Waals surface area (Å²) in [6.45, 7) is 3.46. The molecule has 0 bridgehead atoms. The normalized spacial score (nSPS) is 14.7. The van der Waals surface area contributed by atoms with E-state index in [4.69, 9.17) is 10.2 Å². The first kappa shape index (κ1) is 23.3. The van der Waals surface area contributed by atoms with Gasteiger partial charge >= 0.3 is 0 Å². The second kappa shape index (κ2) is 10.2. The third-order valence-corrected chi connectivity index (χ3v) is 4.53. The first-order valence-electron chi connectivity index (χ1n) is 9.01. The molecule has 2 aromatic carbocycles. The Hall–Kier alpha value is -2.96. The molecule has 0 radical (unpaired) electrons. The van der Waals surface area contributed by atoms with E-state index in [0.717, 1.165) is 11.1 Å². The maximum absolute atomic E-state index is 10.7. The number of aryl methyl sites for hydroxylation is 2. The topological polar surface area (TPSA) is 172 Å². The second-order valence-electron chi connectivity index (χ2n) is 6.78. The van der Waals surface area contributed by atoms with Crippen LogP contribution in [0.5, 0.6) is 0 Å². The van der Waals surface area contributed by atoms with Gasteiger partial charge in [0.2, 0.25) is 0 Å². The number of hydrogen-bond acceptors (Lipinski definition) is 9. The molecule has 0 fully saturated rings. The van der Waals surface area contributed by atoms with E-state index in [1.807, 2.05) is 19.9 Å². The molecule has 30 heavy (non-hydrogen) atoms. The highest BCUT2D eigenvalue weighted by molar-refractivity contribution is 5.50. The van der Waals surface area contributed by atoms with Crippen LogP contribution in [0.1, 0.15) is 11.1 Å². The van der Waals surface area contributed by atoms with E-state index in [0.29, 0.717) is 11.4 Å². The van der Waals surface area contributed by atoms with Crippen molar-refractivity contribution >= 4 is 17.1 Å². The maximum Gasteiger partial charge on any atom is 0.269 e. The van der Waals surface area contributed by atoms with E-state index in [2.05, 4.69) is 10.3 Å². The number of benzene rings is 2. The molecule has 2 rings (SSSR count). The quantitative estimate of drug-likeness (QED) is 0.174. The number of aliphatic hydroxyl groups excluding tert-OH is 4. The van der Waals surface area contributed by atoms with Crippen molar-refractivity contribution in [2.75, 3.05) is 11.6 Å². The van der Waals surface area contributed by atoms with E-state index in [9.17, 15) is 25.4 Å². The van der Waals surface area contributed by atoms with Crippen molar-refractivity contribution in [1.29, 1.82) is 0 Å². The van der Waals surface area contributed by atoms with Gasteiger partial charge in [-0.3, -0.25) is 10.1 Å². The SMILES string of the molecule is Cc1ccc(N(CC(O)C(O)C(O)C(O)O)N=Nc2ccc([N+](=O)[O-])cc2)cc1C. The fourth-order valence-electron chi connectivity index (χ4n) is 2.52. The summed E-state index contributed by atoms with van der Waals surface area (Å²) in [7, 11) is 0. The largest absolute Gasteiger partial charge is 0.388 e. The Bertz CT molecular complexity index is 889. The van der Waals surface area contributed by atoms with Gasteiger partial charge in [-0.1, -0.05) is 11.3 Å². The summed E-state index contributed by atoms with van der Waals surface area (Å²) in [5.41, 5.74) is 2.69. The second-order valence-corrected chi connectivity index (χ2v) is 6.78. The van der Waals surface area contributed by atoms with Crippen molar-refractivity contribution in [2.45, 2.75) is 38.4 Å². The van der Waals surface area contributed by atoms with Crippen LogP contribution in [-0.2, 0) is 0 Å². The summed E-state index contributed by atoms with van der Waals surface area (Å²) in [6.07, 6.45) is -7.66. The molecule has 11 nitrogen and oxygen atoms in total. The Labute approximate surface area is 172 Å². The smallest absolute Gasteiger partial charge is 0.269 e. The molecule has 0 aliphatic rings.